The third-order valence-electron chi connectivity index (χ3n) is 2.38. The van der Waals surface area contributed by atoms with E-state index in [1.165, 1.54) is 12.1 Å². The minimum Gasteiger partial charge on any atom is -0.294 e. The Balaban J connectivity index is 2.19. The summed E-state index contributed by atoms with van der Waals surface area (Å²) >= 11 is 3.21. The van der Waals surface area contributed by atoms with Gasteiger partial charge in [0.1, 0.15) is 5.82 Å². The van der Waals surface area contributed by atoms with Crippen LogP contribution in [-0.2, 0) is 6.42 Å². The lowest BCUT2D eigenvalue weighted by atomic mass is 10.0. The Hall–Kier alpha value is -1.48. The number of benzene rings is 2. The van der Waals surface area contributed by atoms with E-state index in [1.54, 1.807) is 18.2 Å². The molecule has 1 nitrogen and oxygen atoms in total. The highest BCUT2D eigenvalue weighted by molar-refractivity contribution is 9.10. The van der Waals surface area contributed by atoms with E-state index in [-0.39, 0.29) is 18.0 Å². The summed E-state index contributed by atoms with van der Waals surface area (Å²) in [5, 5.41) is 0. The van der Waals surface area contributed by atoms with Gasteiger partial charge in [0.25, 0.3) is 0 Å². The average molecular weight is 293 g/mol. The van der Waals surface area contributed by atoms with Crippen molar-refractivity contribution in [1.82, 2.24) is 0 Å². The van der Waals surface area contributed by atoms with E-state index >= 15 is 0 Å². The molecule has 2 aromatic rings. The molecule has 86 valence electrons. The summed E-state index contributed by atoms with van der Waals surface area (Å²) in [5.41, 5.74) is 1.32. The lowest BCUT2D eigenvalue weighted by Crippen LogP contribution is -2.03. The molecule has 2 aromatic carbocycles. The monoisotopic (exact) mass is 292 g/mol. The zero-order valence-corrected chi connectivity index (χ0v) is 10.6. The molecule has 0 N–H and O–H groups in total. The lowest BCUT2D eigenvalue weighted by Gasteiger charge is -2.02. The average Bonchev–Trinajstić information content (AvgIpc) is 2.28. The third-order valence-corrected chi connectivity index (χ3v) is 2.84. The maximum atomic E-state index is 13.1. The van der Waals surface area contributed by atoms with E-state index in [2.05, 4.69) is 15.9 Å². The van der Waals surface area contributed by atoms with Crippen LogP contribution in [0.5, 0.6) is 0 Å². The molecule has 0 aromatic heterocycles. The first-order valence-corrected chi connectivity index (χ1v) is 5.97. The fourth-order valence-electron chi connectivity index (χ4n) is 1.62. The Morgan fingerprint density at radius 3 is 2.47 bits per heavy atom. The second-order valence-electron chi connectivity index (χ2n) is 3.74. The second-order valence-corrected chi connectivity index (χ2v) is 4.66. The van der Waals surface area contributed by atoms with Crippen molar-refractivity contribution < 1.29 is 9.18 Å². The molecule has 0 saturated carbocycles. The first-order chi connectivity index (χ1) is 8.15. The summed E-state index contributed by atoms with van der Waals surface area (Å²) in [5.74, 6) is -0.349. The van der Waals surface area contributed by atoms with Gasteiger partial charge in [0, 0.05) is 16.5 Å². The molecule has 0 fully saturated rings. The smallest absolute Gasteiger partial charge is 0.167 e. The fraction of sp³-hybridized carbons (Fsp3) is 0.0714. The largest absolute Gasteiger partial charge is 0.294 e. The van der Waals surface area contributed by atoms with Gasteiger partial charge in [0.15, 0.2) is 5.78 Å². The molecule has 17 heavy (non-hydrogen) atoms. The molecule has 0 saturated heterocycles. The van der Waals surface area contributed by atoms with Crippen molar-refractivity contribution in [3.05, 3.63) is 69.9 Å². The molecule has 0 aliphatic heterocycles. The minimum atomic E-state index is -0.338. The first-order valence-electron chi connectivity index (χ1n) is 5.18. The molecule has 0 unspecified atom stereocenters. The third kappa shape index (κ3) is 3.24. The van der Waals surface area contributed by atoms with Crippen molar-refractivity contribution in [2.75, 3.05) is 0 Å². The van der Waals surface area contributed by atoms with E-state index in [4.69, 9.17) is 0 Å². The summed E-state index contributed by atoms with van der Waals surface area (Å²) < 4.78 is 13.8. The van der Waals surface area contributed by atoms with E-state index in [0.29, 0.717) is 15.6 Å². The fourth-order valence-corrected chi connectivity index (χ4v) is 2.14. The van der Waals surface area contributed by atoms with Crippen LogP contribution in [0, 0.1) is 5.82 Å². The molecule has 0 bridgehead atoms. The molecule has 0 atom stereocenters. The summed E-state index contributed by atoms with van der Waals surface area (Å²) in [6.45, 7) is 0. The van der Waals surface area contributed by atoms with E-state index in [0.717, 1.165) is 0 Å². The molecule has 0 radical (unpaired) electrons. The number of hydrogen-bond acceptors (Lipinski definition) is 1. The van der Waals surface area contributed by atoms with Gasteiger partial charge in [-0.15, -0.1) is 0 Å². The summed E-state index contributed by atoms with van der Waals surface area (Å²) in [7, 11) is 0. The van der Waals surface area contributed by atoms with Gasteiger partial charge in [-0.05, 0) is 23.8 Å². The SMILES string of the molecule is O=C(Cc1cc(F)cc(Br)c1)c1ccccc1. The number of carbonyl (C=O) groups excluding carboxylic acids is 1. The highest BCUT2D eigenvalue weighted by atomic mass is 79.9. The summed E-state index contributed by atoms with van der Waals surface area (Å²) in [6, 6.07) is 13.5. The number of hydrogen-bond donors (Lipinski definition) is 0. The normalized spacial score (nSPS) is 10.2. The predicted molar refractivity (Wildman–Crippen MR) is 68.6 cm³/mol. The van der Waals surface area contributed by atoms with Crippen LogP contribution in [0.3, 0.4) is 0 Å². The van der Waals surface area contributed by atoms with Gasteiger partial charge in [-0.25, -0.2) is 4.39 Å². The standard InChI is InChI=1S/C14H10BrFO/c15-12-6-10(7-13(16)9-12)8-14(17)11-4-2-1-3-5-11/h1-7,9H,8H2. The van der Waals surface area contributed by atoms with Crippen molar-refractivity contribution in [1.29, 1.82) is 0 Å². The van der Waals surface area contributed by atoms with E-state index < -0.39 is 0 Å². The predicted octanol–water partition coefficient (Wildman–Crippen LogP) is 4.01. The van der Waals surface area contributed by atoms with Crippen molar-refractivity contribution >= 4 is 21.7 Å². The van der Waals surface area contributed by atoms with Crippen LogP contribution in [0.15, 0.2) is 53.0 Å². The van der Waals surface area contributed by atoms with Gasteiger partial charge in [0.2, 0.25) is 0 Å². The van der Waals surface area contributed by atoms with Crippen molar-refractivity contribution in [3.63, 3.8) is 0 Å². The van der Waals surface area contributed by atoms with Crippen LogP contribution in [0.1, 0.15) is 15.9 Å². The number of ketones is 1. The Labute approximate surface area is 107 Å². The Morgan fingerprint density at radius 1 is 1.12 bits per heavy atom. The van der Waals surface area contributed by atoms with Crippen LogP contribution in [0.25, 0.3) is 0 Å². The van der Waals surface area contributed by atoms with Crippen LogP contribution in [0.4, 0.5) is 4.39 Å². The zero-order valence-electron chi connectivity index (χ0n) is 8.99. The Morgan fingerprint density at radius 2 is 1.82 bits per heavy atom. The molecule has 2 rings (SSSR count). The van der Waals surface area contributed by atoms with Crippen LogP contribution in [0.2, 0.25) is 0 Å². The summed E-state index contributed by atoms with van der Waals surface area (Å²) in [6.07, 6.45) is 0.209. The quantitative estimate of drug-likeness (QED) is 0.781. The van der Waals surface area contributed by atoms with Gasteiger partial charge in [0.05, 0.1) is 0 Å². The van der Waals surface area contributed by atoms with E-state index in [1.807, 2.05) is 18.2 Å². The molecule has 3 heteroatoms. The van der Waals surface area contributed by atoms with Crippen molar-refractivity contribution in [2.24, 2.45) is 0 Å². The van der Waals surface area contributed by atoms with Crippen molar-refractivity contribution in [2.45, 2.75) is 6.42 Å². The molecule has 0 aliphatic carbocycles. The second kappa shape index (κ2) is 5.23. The lowest BCUT2D eigenvalue weighted by molar-refractivity contribution is 0.0993. The maximum absolute atomic E-state index is 13.1. The van der Waals surface area contributed by atoms with Crippen LogP contribution >= 0.6 is 15.9 Å². The van der Waals surface area contributed by atoms with Crippen LogP contribution in [-0.4, -0.2) is 5.78 Å². The molecular formula is C14H10BrFO. The molecular weight excluding hydrogens is 283 g/mol. The van der Waals surface area contributed by atoms with Gasteiger partial charge in [-0.1, -0.05) is 46.3 Å². The highest BCUT2D eigenvalue weighted by Crippen LogP contribution is 2.16. The van der Waals surface area contributed by atoms with Crippen LogP contribution < -0.4 is 0 Å². The van der Waals surface area contributed by atoms with Gasteiger partial charge >= 0.3 is 0 Å². The van der Waals surface area contributed by atoms with Gasteiger partial charge in [-0.3, -0.25) is 4.79 Å². The Bertz CT molecular complexity index is 517. The number of rotatable bonds is 3. The number of halogens is 2. The summed E-state index contributed by atoms with van der Waals surface area (Å²) in [4.78, 5) is 11.9. The van der Waals surface area contributed by atoms with E-state index in [9.17, 15) is 9.18 Å². The minimum absolute atomic E-state index is 0.0110. The Kier molecular flexibility index (Phi) is 3.69. The maximum Gasteiger partial charge on any atom is 0.167 e. The molecule has 0 aliphatic rings. The van der Waals surface area contributed by atoms with Crippen molar-refractivity contribution in [3.8, 4) is 0 Å². The topological polar surface area (TPSA) is 17.1 Å². The molecule has 0 amide bonds. The first kappa shape index (κ1) is 12.0. The zero-order chi connectivity index (χ0) is 12.3. The highest BCUT2D eigenvalue weighted by Gasteiger charge is 2.07. The van der Waals surface area contributed by atoms with Gasteiger partial charge in [-0.2, -0.15) is 0 Å². The molecule has 0 heterocycles. The van der Waals surface area contributed by atoms with Gasteiger partial charge < -0.3 is 0 Å². The molecule has 0 spiro atoms. The number of Topliss-reactive ketones (excluding diaryl/α,β-unsaturated/α-hetero) is 1. The number of carbonyl (C=O) groups is 1.